The van der Waals surface area contributed by atoms with Crippen LogP contribution in [0.5, 0.6) is 0 Å². The van der Waals surface area contributed by atoms with Gasteiger partial charge in [0.05, 0.1) is 6.61 Å². The van der Waals surface area contributed by atoms with Crippen LogP contribution in [0.3, 0.4) is 0 Å². The van der Waals surface area contributed by atoms with Gasteiger partial charge in [-0.25, -0.2) is 9.78 Å². The molecule has 0 aromatic carbocycles. The van der Waals surface area contributed by atoms with Gasteiger partial charge < -0.3 is 9.64 Å². The van der Waals surface area contributed by atoms with E-state index < -0.39 is 0 Å². The van der Waals surface area contributed by atoms with Gasteiger partial charge >= 0.3 is 5.97 Å². The Morgan fingerprint density at radius 3 is 2.78 bits per heavy atom. The fraction of sp³-hybridized carbons (Fsp3) is 0.692. The van der Waals surface area contributed by atoms with Crippen LogP contribution in [0, 0.1) is 5.41 Å². The van der Waals surface area contributed by atoms with Crippen LogP contribution in [0.4, 0.5) is 5.13 Å². The van der Waals surface area contributed by atoms with E-state index in [1.807, 2.05) is 0 Å². The molecule has 4 nitrogen and oxygen atoms in total. The van der Waals surface area contributed by atoms with E-state index >= 15 is 0 Å². The molecule has 100 valence electrons. The van der Waals surface area contributed by atoms with E-state index in [0.29, 0.717) is 17.7 Å². The Morgan fingerprint density at radius 2 is 2.17 bits per heavy atom. The minimum atomic E-state index is -0.322. The number of rotatable bonds is 3. The van der Waals surface area contributed by atoms with Gasteiger partial charge in [-0.3, -0.25) is 0 Å². The molecule has 0 aliphatic carbocycles. The minimum Gasteiger partial charge on any atom is -0.461 e. The Balaban J connectivity index is 2.00. The lowest BCUT2D eigenvalue weighted by molar-refractivity contribution is 0.0520. The molecule has 18 heavy (non-hydrogen) atoms. The topological polar surface area (TPSA) is 42.4 Å². The summed E-state index contributed by atoms with van der Waals surface area (Å²) < 4.78 is 4.95. The first-order valence-corrected chi connectivity index (χ1v) is 7.27. The Kier molecular flexibility index (Phi) is 3.90. The van der Waals surface area contributed by atoms with E-state index in [-0.39, 0.29) is 5.97 Å². The molecule has 1 aliphatic rings. The Hall–Kier alpha value is -1.10. The molecule has 0 radical (unpaired) electrons. The maximum atomic E-state index is 11.5. The van der Waals surface area contributed by atoms with Crippen LogP contribution in [0.15, 0.2) is 5.38 Å². The van der Waals surface area contributed by atoms with Gasteiger partial charge in [-0.2, -0.15) is 0 Å². The Bertz CT molecular complexity index is 418. The first-order chi connectivity index (χ1) is 8.52. The summed E-state index contributed by atoms with van der Waals surface area (Å²) in [6.07, 6.45) is 2.34. The smallest absolute Gasteiger partial charge is 0.357 e. The van der Waals surface area contributed by atoms with Crippen LogP contribution in [0.25, 0.3) is 0 Å². The van der Waals surface area contributed by atoms with Crippen molar-refractivity contribution in [2.24, 2.45) is 5.41 Å². The van der Waals surface area contributed by atoms with Crippen LogP contribution < -0.4 is 4.90 Å². The molecule has 1 aliphatic heterocycles. The van der Waals surface area contributed by atoms with E-state index in [4.69, 9.17) is 4.74 Å². The summed E-state index contributed by atoms with van der Waals surface area (Å²) >= 11 is 1.52. The summed E-state index contributed by atoms with van der Waals surface area (Å²) in [5, 5.41) is 2.72. The molecule has 1 fully saturated rings. The van der Waals surface area contributed by atoms with Gasteiger partial charge in [0.2, 0.25) is 0 Å². The van der Waals surface area contributed by atoms with Crippen LogP contribution >= 0.6 is 11.3 Å². The van der Waals surface area contributed by atoms with Crippen molar-refractivity contribution in [1.82, 2.24) is 4.98 Å². The first-order valence-electron chi connectivity index (χ1n) is 6.39. The molecule has 2 heterocycles. The number of aromatic nitrogens is 1. The summed E-state index contributed by atoms with van der Waals surface area (Å²) in [4.78, 5) is 18.2. The van der Waals surface area contributed by atoms with E-state index in [1.54, 1.807) is 12.3 Å². The molecule has 1 saturated heterocycles. The highest BCUT2D eigenvalue weighted by Crippen LogP contribution is 2.33. The maximum absolute atomic E-state index is 11.5. The predicted molar refractivity (Wildman–Crippen MR) is 73.3 cm³/mol. The number of esters is 1. The number of thiazole rings is 1. The number of piperidine rings is 1. The van der Waals surface area contributed by atoms with Crippen LogP contribution in [0.2, 0.25) is 0 Å². The van der Waals surface area contributed by atoms with Crippen LogP contribution in [-0.2, 0) is 4.74 Å². The third kappa shape index (κ3) is 3.02. The molecule has 0 atom stereocenters. The quantitative estimate of drug-likeness (QED) is 0.790. The zero-order valence-electron chi connectivity index (χ0n) is 11.2. The van der Waals surface area contributed by atoms with Crippen molar-refractivity contribution >= 4 is 22.4 Å². The predicted octanol–water partition coefficient (Wildman–Crippen LogP) is 2.95. The molecule has 1 aromatic heterocycles. The molecule has 0 bridgehead atoms. The third-order valence-corrected chi connectivity index (χ3v) is 4.27. The van der Waals surface area contributed by atoms with Crippen molar-refractivity contribution in [3.63, 3.8) is 0 Å². The van der Waals surface area contributed by atoms with Crippen molar-refractivity contribution in [3.05, 3.63) is 11.1 Å². The molecular weight excluding hydrogens is 248 g/mol. The lowest BCUT2D eigenvalue weighted by Crippen LogP contribution is -2.37. The summed E-state index contributed by atoms with van der Waals surface area (Å²) in [5.41, 5.74) is 0.860. The van der Waals surface area contributed by atoms with Crippen LogP contribution in [0.1, 0.15) is 44.1 Å². The van der Waals surface area contributed by atoms with Gasteiger partial charge in [-0.05, 0) is 25.2 Å². The molecular formula is C13H20N2O2S. The van der Waals surface area contributed by atoms with Crippen molar-refractivity contribution in [1.29, 1.82) is 0 Å². The average molecular weight is 268 g/mol. The van der Waals surface area contributed by atoms with Gasteiger partial charge in [-0.1, -0.05) is 13.8 Å². The van der Waals surface area contributed by atoms with E-state index in [1.165, 1.54) is 24.2 Å². The molecule has 0 N–H and O–H groups in total. The van der Waals surface area contributed by atoms with E-state index in [9.17, 15) is 4.79 Å². The number of carbonyl (C=O) groups excluding carboxylic acids is 1. The number of hydrogen-bond donors (Lipinski definition) is 0. The van der Waals surface area contributed by atoms with Crippen molar-refractivity contribution in [2.45, 2.75) is 33.6 Å². The number of hydrogen-bond acceptors (Lipinski definition) is 5. The number of nitrogens with zero attached hydrogens (tertiary/aromatic N) is 2. The zero-order chi connectivity index (χ0) is 13.2. The van der Waals surface area contributed by atoms with E-state index in [2.05, 4.69) is 23.7 Å². The second kappa shape index (κ2) is 5.26. The van der Waals surface area contributed by atoms with Crippen molar-refractivity contribution < 1.29 is 9.53 Å². The molecule has 0 unspecified atom stereocenters. The molecule has 0 spiro atoms. The van der Waals surface area contributed by atoms with Gasteiger partial charge in [0.25, 0.3) is 0 Å². The average Bonchev–Trinajstić information content (AvgIpc) is 2.79. The monoisotopic (exact) mass is 268 g/mol. The molecule has 5 heteroatoms. The molecule has 0 amide bonds. The highest BCUT2D eigenvalue weighted by atomic mass is 32.1. The zero-order valence-corrected chi connectivity index (χ0v) is 12.0. The first kappa shape index (κ1) is 13.3. The molecule has 2 rings (SSSR count). The lowest BCUT2D eigenvalue weighted by atomic mass is 9.83. The lowest BCUT2D eigenvalue weighted by Gasteiger charge is -2.36. The van der Waals surface area contributed by atoms with Crippen molar-refractivity contribution in [2.75, 3.05) is 24.6 Å². The SMILES string of the molecule is CCOC(=O)c1csc(N2CCC(C)(C)CC2)n1. The fourth-order valence-electron chi connectivity index (χ4n) is 2.01. The summed E-state index contributed by atoms with van der Waals surface area (Å²) in [5.74, 6) is -0.322. The summed E-state index contributed by atoms with van der Waals surface area (Å²) in [7, 11) is 0. The normalized spacial score (nSPS) is 18.7. The van der Waals surface area contributed by atoms with Gasteiger partial charge in [0, 0.05) is 18.5 Å². The number of anilines is 1. The van der Waals surface area contributed by atoms with E-state index in [0.717, 1.165) is 18.2 Å². The Labute approximate surface area is 112 Å². The minimum absolute atomic E-state index is 0.322. The maximum Gasteiger partial charge on any atom is 0.357 e. The van der Waals surface area contributed by atoms with Crippen LogP contribution in [-0.4, -0.2) is 30.6 Å². The summed E-state index contributed by atoms with van der Waals surface area (Å²) in [6, 6.07) is 0. The van der Waals surface area contributed by atoms with Gasteiger partial charge in [0.1, 0.15) is 0 Å². The van der Waals surface area contributed by atoms with Gasteiger partial charge in [-0.15, -0.1) is 11.3 Å². The standard InChI is InChI=1S/C13H20N2O2S/c1-4-17-11(16)10-9-18-12(14-10)15-7-5-13(2,3)6-8-15/h9H,4-8H2,1-3H3. The van der Waals surface area contributed by atoms with Crippen molar-refractivity contribution in [3.8, 4) is 0 Å². The second-order valence-electron chi connectivity index (χ2n) is 5.39. The number of ether oxygens (including phenoxy) is 1. The fourth-order valence-corrected chi connectivity index (χ4v) is 2.86. The summed E-state index contributed by atoms with van der Waals surface area (Å²) in [6.45, 7) is 8.83. The molecule has 1 aromatic rings. The highest BCUT2D eigenvalue weighted by molar-refractivity contribution is 7.13. The highest BCUT2D eigenvalue weighted by Gasteiger charge is 2.27. The third-order valence-electron chi connectivity index (χ3n) is 3.36. The molecule has 0 saturated carbocycles. The second-order valence-corrected chi connectivity index (χ2v) is 6.22. The number of carbonyl (C=O) groups is 1. The Morgan fingerprint density at radius 1 is 1.50 bits per heavy atom. The largest absolute Gasteiger partial charge is 0.461 e. The van der Waals surface area contributed by atoms with Gasteiger partial charge in [0.15, 0.2) is 10.8 Å².